The molecule has 0 bridgehead atoms. The SMILES string of the molecule is Cc1nn2c(C(C)C)c(C(=O)N[C@H]3CCOc4ccccc43)sc2c1-c1cccc(Cl)c1Cl. The highest BCUT2D eigenvalue weighted by Gasteiger charge is 2.29. The summed E-state index contributed by atoms with van der Waals surface area (Å²) in [6.45, 7) is 6.68. The molecule has 0 unspecified atom stereocenters. The predicted molar refractivity (Wildman–Crippen MR) is 134 cm³/mol. The van der Waals surface area contributed by atoms with E-state index in [1.807, 2.05) is 47.8 Å². The second kappa shape index (κ2) is 8.67. The van der Waals surface area contributed by atoms with E-state index in [0.717, 1.165) is 45.1 Å². The second-order valence-electron chi connectivity index (χ2n) is 8.45. The monoisotopic (exact) mass is 499 g/mol. The van der Waals surface area contributed by atoms with Crippen LogP contribution in [0.2, 0.25) is 10.0 Å². The van der Waals surface area contributed by atoms with Gasteiger partial charge in [0, 0.05) is 23.1 Å². The van der Waals surface area contributed by atoms with Gasteiger partial charge in [0.15, 0.2) is 0 Å². The van der Waals surface area contributed by atoms with Crippen LogP contribution in [0.25, 0.3) is 16.0 Å². The Morgan fingerprint density at radius 3 is 2.79 bits per heavy atom. The Labute approximate surface area is 206 Å². The summed E-state index contributed by atoms with van der Waals surface area (Å²) < 4.78 is 7.64. The minimum atomic E-state index is -0.100. The number of amides is 1. The molecule has 1 amide bonds. The lowest BCUT2D eigenvalue weighted by Gasteiger charge is -2.26. The van der Waals surface area contributed by atoms with Crippen molar-refractivity contribution in [1.29, 1.82) is 0 Å². The van der Waals surface area contributed by atoms with Crippen molar-refractivity contribution in [2.45, 2.75) is 39.2 Å². The molecule has 170 valence electrons. The fourth-order valence-corrected chi connectivity index (χ4v) is 6.15. The first kappa shape index (κ1) is 22.3. The van der Waals surface area contributed by atoms with E-state index in [0.29, 0.717) is 21.5 Å². The number of para-hydroxylation sites is 1. The highest BCUT2D eigenvalue weighted by Crippen LogP contribution is 2.42. The Morgan fingerprint density at radius 1 is 1.21 bits per heavy atom. The maximum Gasteiger partial charge on any atom is 0.263 e. The van der Waals surface area contributed by atoms with Crippen LogP contribution in [-0.4, -0.2) is 22.1 Å². The average Bonchev–Trinajstić information content (AvgIpc) is 3.30. The molecule has 0 fully saturated rings. The van der Waals surface area contributed by atoms with E-state index >= 15 is 0 Å². The zero-order valence-electron chi connectivity index (χ0n) is 18.5. The van der Waals surface area contributed by atoms with Crippen molar-refractivity contribution in [2.75, 3.05) is 6.61 Å². The van der Waals surface area contributed by atoms with Crippen LogP contribution in [0.3, 0.4) is 0 Å². The van der Waals surface area contributed by atoms with Gasteiger partial charge >= 0.3 is 0 Å². The number of aryl methyl sites for hydroxylation is 1. The van der Waals surface area contributed by atoms with Gasteiger partial charge in [0.2, 0.25) is 0 Å². The number of aromatic nitrogens is 2. The van der Waals surface area contributed by atoms with Crippen molar-refractivity contribution < 1.29 is 9.53 Å². The lowest BCUT2D eigenvalue weighted by molar-refractivity contribution is 0.0927. The van der Waals surface area contributed by atoms with Gasteiger partial charge in [-0.1, -0.05) is 67.4 Å². The summed E-state index contributed by atoms with van der Waals surface area (Å²) in [6, 6.07) is 13.3. The van der Waals surface area contributed by atoms with E-state index in [1.54, 1.807) is 6.07 Å². The third-order valence-electron chi connectivity index (χ3n) is 5.92. The van der Waals surface area contributed by atoms with Gasteiger partial charge in [-0.25, -0.2) is 4.52 Å². The molecule has 0 aliphatic carbocycles. The number of fused-ring (bicyclic) bond motifs is 2. The van der Waals surface area contributed by atoms with Gasteiger partial charge in [-0.15, -0.1) is 11.3 Å². The number of hydrogen-bond acceptors (Lipinski definition) is 4. The van der Waals surface area contributed by atoms with Gasteiger partial charge in [-0.05, 0) is 25.0 Å². The number of nitrogens with zero attached hydrogens (tertiary/aromatic N) is 2. The first-order chi connectivity index (χ1) is 15.9. The molecule has 0 saturated carbocycles. The fraction of sp³-hybridized carbons (Fsp3) is 0.280. The van der Waals surface area contributed by atoms with Gasteiger partial charge in [0.05, 0.1) is 34.1 Å². The first-order valence-electron chi connectivity index (χ1n) is 10.9. The van der Waals surface area contributed by atoms with E-state index in [1.165, 1.54) is 11.3 Å². The molecular formula is C25H23Cl2N3O2S. The van der Waals surface area contributed by atoms with Gasteiger partial charge in [-0.2, -0.15) is 5.10 Å². The zero-order valence-corrected chi connectivity index (χ0v) is 20.8. The molecule has 0 saturated heterocycles. The summed E-state index contributed by atoms with van der Waals surface area (Å²) in [5.74, 6) is 0.827. The van der Waals surface area contributed by atoms with Crippen LogP contribution in [0.5, 0.6) is 5.75 Å². The van der Waals surface area contributed by atoms with Crippen LogP contribution >= 0.6 is 34.5 Å². The maximum atomic E-state index is 13.5. The van der Waals surface area contributed by atoms with Gasteiger partial charge in [-0.3, -0.25) is 4.79 Å². The van der Waals surface area contributed by atoms with Crippen LogP contribution in [0.1, 0.15) is 58.9 Å². The Balaban J connectivity index is 1.59. The maximum absolute atomic E-state index is 13.5. The number of rotatable bonds is 4. The second-order valence-corrected chi connectivity index (χ2v) is 10.2. The summed E-state index contributed by atoms with van der Waals surface area (Å²) in [6.07, 6.45) is 0.727. The van der Waals surface area contributed by atoms with Crippen LogP contribution in [0.4, 0.5) is 0 Å². The number of carbonyl (C=O) groups is 1. The molecule has 5 rings (SSSR count). The number of benzene rings is 2. The van der Waals surface area contributed by atoms with Crippen molar-refractivity contribution >= 4 is 45.3 Å². The molecule has 1 atom stereocenters. The Hall–Kier alpha value is -2.54. The minimum absolute atomic E-state index is 0.0968. The lowest BCUT2D eigenvalue weighted by atomic mass is 10.0. The summed E-state index contributed by atoms with van der Waals surface area (Å²) in [7, 11) is 0. The number of carbonyl (C=O) groups excluding carboxylic acids is 1. The van der Waals surface area contributed by atoms with Crippen molar-refractivity contribution in [3.05, 3.63) is 74.3 Å². The smallest absolute Gasteiger partial charge is 0.263 e. The molecular weight excluding hydrogens is 477 g/mol. The van der Waals surface area contributed by atoms with E-state index in [9.17, 15) is 4.79 Å². The van der Waals surface area contributed by atoms with Gasteiger partial charge < -0.3 is 10.1 Å². The number of thiazole rings is 1. The normalized spacial score (nSPS) is 15.5. The van der Waals surface area contributed by atoms with E-state index < -0.39 is 0 Å². The minimum Gasteiger partial charge on any atom is -0.493 e. The summed E-state index contributed by atoms with van der Waals surface area (Å²) >= 11 is 14.3. The number of nitrogens with one attached hydrogen (secondary N) is 1. The summed E-state index contributed by atoms with van der Waals surface area (Å²) in [4.78, 5) is 15.1. The Morgan fingerprint density at radius 2 is 2.00 bits per heavy atom. The molecule has 4 aromatic rings. The highest BCUT2D eigenvalue weighted by atomic mass is 35.5. The molecule has 2 aromatic carbocycles. The molecule has 0 spiro atoms. The Kier molecular flexibility index (Phi) is 5.85. The quantitative estimate of drug-likeness (QED) is 0.327. The van der Waals surface area contributed by atoms with E-state index in [4.69, 9.17) is 33.0 Å². The number of halogens is 2. The average molecular weight is 500 g/mol. The van der Waals surface area contributed by atoms with Gasteiger partial charge in [0.1, 0.15) is 15.5 Å². The number of ether oxygens (including phenoxy) is 1. The highest BCUT2D eigenvalue weighted by molar-refractivity contribution is 7.20. The molecule has 33 heavy (non-hydrogen) atoms. The fourth-order valence-electron chi connectivity index (χ4n) is 4.40. The molecule has 1 aliphatic rings. The molecule has 0 radical (unpaired) electrons. The van der Waals surface area contributed by atoms with Crippen molar-refractivity contribution in [3.63, 3.8) is 0 Å². The predicted octanol–water partition coefficient (Wildman–Crippen LogP) is 7.06. The van der Waals surface area contributed by atoms with Crippen LogP contribution in [0, 0.1) is 6.92 Å². The van der Waals surface area contributed by atoms with Crippen LogP contribution in [-0.2, 0) is 0 Å². The number of hydrogen-bond donors (Lipinski definition) is 1. The topological polar surface area (TPSA) is 55.6 Å². The van der Waals surface area contributed by atoms with Crippen molar-refractivity contribution in [2.24, 2.45) is 0 Å². The van der Waals surface area contributed by atoms with Gasteiger partial charge in [0.25, 0.3) is 5.91 Å². The molecule has 1 N–H and O–H groups in total. The standard InChI is InChI=1S/C25H23Cl2N3O2S/c1-13(2)22-23(24(31)28-18-11-12-32-19-10-5-4-7-15(18)19)33-25-20(14(3)29-30(22)25)16-8-6-9-17(26)21(16)27/h4-10,13,18H,11-12H2,1-3H3,(H,28,31)/t18-/m0/s1. The largest absolute Gasteiger partial charge is 0.493 e. The molecule has 5 nitrogen and oxygen atoms in total. The van der Waals surface area contributed by atoms with Crippen molar-refractivity contribution in [3.8, 4) is 16.9 Å². The molecule has 2 aromatic heterocycles. The third-order valence-corrected chi connectivity index (χ3v) is 7.90. The van der Waals surface area contributed by atoms with Crippen LogP contribution in [0.15, 0.2) is 42.5 Å². The zero-order chi connectivity index (χ0) is 23.3. The summed E-state index contributed by atoms with van der Waals surface area (Å²) in [5.41, 5.74) is 4.47. The first-order valence-corrected chi connectivity index (χ1v) is 12.4. The lowest BCUT2D eigenvalue weighted by Crippen LogP contribution is -2.32. The van der Waals surface area contributed by atoms with E-state index in [-0.39, 0.29) is 17.9 Å². The van der Waals surface area contributed by atoms with E-state index in [2.05, 4.69) is 19.2 Å². The van der Waals surface area contributed by atoms with Crippen molar-refractivity contribution in [1.82, 2.24) is 14.9 Å². The molecule has 8 heteroatoms. The molecule has 1 aliphatic heterocycles. The third kappa shape index (κ3) is 3.80. The van der Waals surface area contributed by atoms with Crippen LogP contribution < -0.4 is 10.1 Å². The Bertz CT molecular complexity index is 1380. The summed E-state index contributed by atoms with van der Waals surface area (Å²) in [5, 5.41) is 9.01. The molecule has 3 heterocycles.